The molecule has 3 heteroatoms. The first-order valence-corrected chi connectivity index (χ1v) is 3.72. The topological polar surface area (TPSA) is 39.1 Å². The summed E-state index contributed by atoms with van der Waals surface area (Å²) in [6.07, 6.45) is 3.56. The summed E-state index contributed by atoms with van der Waals surface area (Å²) in [6, 6.07) is 0. The molecule has 0 aromatic rings. The Morgan fingerprint density at radius 1 is 1.55 bits per heavy atom. The molecule has 0 atom stereocenters. The molecule has 0 unspecified atom stereocenters. The minimum atomic E-state index is 0.572. The van der Waals surface area contributed by atoms with Crippen molar-refractivity contribution < 1.29 is 0 Å². The van der Waals surface area contributed by atoms with E-state index in [9.17, 15) is 0 Å². The summed E-state index contributed by atoms with van der Waals surface area (Å²) >= 11 is 0. The van der Waals surface area contributed by atoms with Crippen LogP contribution in [0.15, 0.2) is 12.3 Å². The van der Waals surface area contributed by atoms with E-state index in [1.807, 2.05) is 20.3 Å². The summed E-state index contributed by atoms with van der Waals surface area (Å²) in [4.78, 5) is 2.11. The highest BCUT2D eigenvalue weighted by Crippen LogP contribution is 1.73. The summed E-state index contributed by atoms with van der Waals surface area (Å²) < 4.78 is 0. The Kier molecular flexibility index (Phi) is 5.47. The van der Waals surface area contributed by atoms with E-state index >= 15 is 0 Å². The second-order valence-corrected chi connectivity index (χ2v) is 2.77. The predicted octanol–water partition coefficient (Wildman–Crippen LogP) is 0.691. The average molecular weight is 155 g/mol. The molecule has 0 aromatic carbocycles. The van der Waals surface area contributed by atoms with Gasteiger partial charge in [0.15, 0.2) is 0 Å². The molecule has 0 rings (SSSR count). The maximum atomic E-state index is 7.08. The van der Waals surface area contributed by atoms with E-state index in [4.69, 9.17) is 5.41 Å². The Hall–Kier alpha value is -0.830. The van der Waals surface area contributed by atoms with Crippen molar-refractivity contribution in [3.63, 3.8) is 0 Å². The van der Waals surface area contributed by atoms with Crippen molar-refractivity contribution >= 4 is 5.71 Å². The van der Waals surface area contributed by atoms with Gasteiger partial charge in [-0.1, -0.05) is 0 Å². The van der Waals surface area contributed by atoms with Crippen LogP contribution in [0.3, 0.4) is 0 Å². The van der Waals surface area contributed by atoms with Gasteiger partial charge < -0.3 is 15.6 Å². The van der Waals surface area contributed by atoms with Crippen LogP contribution in [0, 0.1) is 5.41 Å². The summed E-state index contributed by atoms with van der Waals surface area (Å²) in [7, 11) is 4.07. The van der Waals surface area contributed by atoms with Gasteiger partial charge in [-0.05, 0) is 33.3 Å². The van der Waals surface area contributed by atoms with E-state index in [1.54, 1.807) is 13.0 Å². The van der Waals surface area contributed by atoms with Crippen molar-refractivity contribution in [2.75, 3.05) is 27.2 Å². The van der Waals surface area contributed by atoms with Crippen molar-refractivity contribution in [3.05, 3.63) is 12.3 Å². The van der Waals surface area contributed by atoms with Gasteiger partial charge in [0.25, 0.3) is 0 Å². The number of hydrogen-bond acceptors (Lipinski definition) is 3. The van der Waals surface area contributed by atoms with E-state index < -0.39 is 0 Å². The third kappa shape index (κ3) is 9.17. The van der Waals surface area contributed by atoms with E-state index in [0.717, 1.165) is 13.1 Å². The lowest BCUT2D eigenvalue weighted by Gasteiger charge is -2.08. The monoisotopic (exact) mass is 155 g/mol. The zero-order valence-electron chi connectivity index (χ0n) is 7.52. The second kappa shape index (κ2) is 5.92. The molecule has 0 aliphatic carbocycles. The van der Waals surface area contributed by atoms with E-state index in [0.29, 0.717) is 5.71 Å². The van der Waals surface area contributed by atoms with Crippen molar-refractivity contribution in [3.8, 4) is 0 Å². The standard InChI is InChI=1S/C8H17N3/c1-8(9)4-5-10-6-7-11(2)3/h4-5,9-10H,6-7H2,1-3H3/b5-4-,9-8?. The lowest BCUT2D eigenvalue weighted by molar-refractivity contribution is 0.410. The van der Waals surface area contributed by atoms with Crippen LogP contribution in [-0.4, -0.2) is 37.8 Å². The fourth-order valence-electron chi connectivity index (χ4n) is 0.555. The lowest BCUT2D eigenvalue weighted by atomic mass is 10.4. The van der Waals surface area contributed by atoms with Gasteiger partial charge in [-0.25, -0.2) is 0 Å². The molecule has 0 aliphatic rings. The summed E-state index contributed by atoms with van der Waals surface area (Å²) in [6.45, 7) is 3.70. The minimum absolute atomic E-state index is 0.572. The zero-order chi connectivity index (χ0) is 8.69. The van der Waals surface area contributed by atoms with Gasteiger partial charge in [0.05, 0.1) is 0 Å². The highest BCUT2D eigenvalue weighted by Gasteiger charge is 1.85. The first-order valence-electron chi connectivity index (χ1n) is 3.72. The third-order valence-corrected chi connectivity index (χ3v) is 1.15. The average Bonchev–Trinajstić information content (AvgIpc) is 1.85. The third-order valence-electron chi connectivity index (χ3n) is 1.15. The van der Waals surface area contributed by atoms with Crippen LogP contribution in [0.2, 0.25) is 0 Å². The van der Waals surface area contributed by atoms with Crippen LogP contribution in [0.1, 0.15) is 6.92 Å². The molecule has 0 amide bonds. The highest BCUT2D eigenvalue weighted by atomic mass is 15.1. The first-order chi connectivity index (χ1) is 5.13. The Balaban J connectivity index is 3.21. The van der Waals surface area contributed by atoms with Crippen LogP contribution in [0.4, 0.5) is 0 Å². The van der Waals surface area contributed by atoms with Gasteiger partial charge in [-0.15, -0.1) is 0 Å². The molecule has 0 fully saturated rings. The number of hydrogen-bond donors (Lipinski definition) is 2. The number of nitrogens with zero attached hydrogens (tertiary/aromatic N) is 1. The van der Waals surface area contributed by atoms with Gasteiger partial charge >= 0.3 is 0 Å². The van der Waals surface area contributed by atoms with Crippen LogP contribution >= 0.6 is 0 Å². The van der Waals surface area contributed by atoms with Gasteiger partial charge in [0, 0.05) is 18.8 Å². The van der Waals surface area contributed by atoms with Gasteiger partial charge in [-0.2, -0.15) is 0 Å². The quantitative estimate of drug-likeness (QED) is 0.453. The molecular weight excluding hydrogens is 138 g/mol. The molecule has 2 N–H and O–H groups in total. The SMILES string of the molecule is CC(=N)/C=C\NCCN(C)C. The normalized spacial score (nSPS) is 10.9. The Morgan fingerprint density at radius 2 is 2.18 bits per heavy atom. The molecule has 0 heterocycles. The van der Waals surface area contributed by atoms with Crippen LogP contribution in [-0.2, 0) is 0 Å². The van der Waals surface area contributed by atoms with E-state index in [2.05, 4.69) is 10.2 Å². The molecule has 0 spiro atoms. The fourth-order valence-corrected chi connectivity index (χ4v) is 0.555. The minimum Gasteiger partial charge on any atom is -0.390 e. The number of rotatable bonds is 5. The maximum Gasteiger partial charge on any atom is 0.0297 e. The molecule has 0 aromatic heterocycles. The molecular formula is C8H17N3. The van der Waals surface area contributed by atoms with Gasteiger partial charge in [-0.3, -0.25) is 0 Å². The molecule has 0 bridgehead atoms. The van der Waals surface area contributed by atoms with Crippen molar-refractivity contribution in [2.45, 2.75) is 6.92 Å². The number of likely N-dealkylation sites (N-methyl/N-ethyl adjacent to an activating group) is 1. The molecule has 64 valence electrons. The first kappa shape index (κ1) is 10.2. The number of nitrogens with one attached hydrogen (secondary N) is 2. The Labute approximate surface area is 68.6 Å². The lowest BCUT2D eigenvalue weighted by Crippen LogP contribution is -2.23. The van der Waals surface area contributed by atoms with Crippen molar-refractivity contribution in [2.24, 2.45) is 0 Å². The van der Waals surface area contributed by atoms with Crippen molar-refractivity contribution in [1.82, 2.24) is 10.2 Å². The fraction of sp³-hybridized carbons (Fsp3) is 0.625. The number of allylic oxidation sites excluding steroid dienone is 1. The molecule has 0 saturated carbocycles. The van der Waals surface area contributed by atoms with Crippen LogP contribution < -0.4 is 5.32 Å². The maximum absolute atomic E-state index is 7.08. The molecule has 3 nitrogen and oxygen atoms in total. The largest absolute Gasteiger partial charge is 0.390 e. The van der Waals surface area contributed by atoms with Gasteiger partial charge in [0.2, 0.25) is 0 Å². The van der Waals surface area contributed by atoms with Crippen LogP contribution in [0.25, 0.3) is 0 Å². The molecule has 0 saturated heterocycles. The Bertz CT molecular complexity index is 138. The molecule has 11 heavy (non-hydrogen) atoms. The van der Waals surface area contributed by atoms with E-state index in [-0.39, 0.29) is 0 Å². The Morgan fingerprint density at radius 3 is 2.64 bits per heavy atom. The molecule has 0 aliphatic heterocycles. The summed E-state index contributed by atoms with van der Waals surface area (Å²) in [5.41, 5.74) is 0.572. The van der Waals surface area contributed by atoms with Crippen molar-refractivity contribution in [1.29, 1.82) is 5.41 Å². The summed E-state index contributed by atoms with van der Waals surface area (Å²) in [5.74, 6) is 0. The van der Waals surface area contributed by atoms with E-state index in [1.165, 1.54) is 0 Å². The predicted molar refractivity (Wildman–Crippen MR) is 49.1 cm³/mol. The zero-order valence-corrected chi connectivity index (χ0v) is 7.52. The second-order valence-electron chi connectivity index (χ2n) is 2.77. The summed E-state index contributed by atoms with van der Waals surface area (Å²) in [5, 5.41) is 10.2. The smallest absolute Gasteiger partial charge is 0.0297 e. The molecule has 0 radical (unpaired) electrons. The van der Waals surface area contributed by atoms with Crippen LogP contribution in [0.5, 0.6) is 0 Å². The highest BCUT2D eigenvalue weighted by molar-refractivity contribution is 5.89. The van der Waals surface area contributed by atoms with Gasteiger partial charge in [0.1, 0.15) is 0 Å².